The van der Waals surface area contributed by atoms with Crippen molar-refractivity contribution >= 4 is 11.3 Å². The Labute approximate surface area is 122 Å². The van der Waals surface area contributed by atoms with Crippen LogP contribution >= 0.6 is 11.3 Å². The molecule has 0 bridgehead atoms. The topological polar surface area (TPSA) is 24.9 Å². The third-order valence-corrected chi connectivity index (χ3v) is 4.85. The molecule has 3 heteroatoms. The van der Waals surface area contributed by atoms with Crippen LogP contribution in [0, 0.1) is 5.92 Å². The molecule has 1 fully saturated rings. The van der Waals surface area contributed by atoms with Crippen molar-refractivity contribution in [1.82, 2.24) is 10.3 Å². The van der Waals surface area contributed by atoms with Crippen LogP contribution in [0.15, 0.2) is 5.38 Å². The Bertz CT molecular complexity index is 420. The maximum Gasteiger partial charge on any atom is 0.113 e. The Morgan fingerprint density at radius 2 is 1.95 bits per heavy atom. The van der Waals surface area contributed by atoms with Crippen LogP contribution in [0.25, 0.3) is 0 Å². The third kappa shape index (κ3) is 3.79. The first-order chi connectivity index (χ1) is 8.71. The molecule has 1 saturated carbocycles. The van der Waals surface area contributed by atoms with Gasteiger partial charge in [-0.15, -0.1) is 11.3 Å². The van der Waals surface area contributed by atoms with Crippen LogP contribution < -0.4 is 5.32 Å². The van der Waals surface area contributed by atoms with E-state index in [-0.39, 0.29) is 11.0 Å². The number of hydrogen-bond donors (Lipinski definition) is 1. The van der Waals surface area contributed by atoms with E-state index in [0.29, 0.717) is 6.04 Å². The molecule has 0 amide bonds. The van der Waals surface area contributed by atoms with Crippen molar-refractivity contribution < 1.29 is 0 Å². The fourth-order valence-electron chi connectivity index (χ4n) is 2.62. The van der Waals surface area contributed by atoms with Crippen LogP contribution in [-0.2, 0) is 11.0 Å². The van der Waals surface area contributed by atoms with E-state index in [2.05, 4.69) is 52.2 Å². The average molecular weight is 280 g/mol. The van der Waals surface area contributed by atoms with Gasteiger partial charge in [0.1, 0.15) is 5.01 Å². The highest BCUT2D eigenvalue weighted by atomic mass is 32.1. The molecule has 0 aliphatic heterocycles. The molecule has 0 spiro atoms. The number of thiazole rings is 1. The molecular formula is C16H28N2S. The van der Waals surface area contributed by atoms with E-state index in [1.54, 1.807) is 0 Å². The summed E-state index contributed by atoms with van der Waals surface area (Å²) in [5.74, 6) is 0.901. The van der Waals surface area contributed by atoms with E-state index in [4.69, 9.17) is 4.98 Å². The van der Waals surface area contributed by atoms with Gasteiger partial charge in [0.15, 0.2) is 0 Å². The lowest BCUT2D eigenvalue weighted by Gasteiger charge is -2.31. The van der Waals surface area contributed by atoms with Gasteiger partial charge in [0.05, 0.1) is 11.2 Å². The lowest BCUT2D eigenvalue weighted by Crippen LogP contribution is -2.44. The smallest absolute Gasteiger partial charge is 0.113 e. The zero-order valence-electron chi connectivity index (χ0n) is 13.2. The standard InChI is InChI=1S/C16H28N2S/c1-11(2)18-16(6,9-12-7-8-12)14-17-13(10-19-14)15(3,4)5/h10-12,18H,7-9H2,1-6H3. The van der Waals surface area contributed by atoms with Crippen LogP contribution in [-0.4, -0.2) is 11.0 Å². The lowest BCUT2D eigenvalue weighted by atomic mass is 9.92. The van der Waals surface area contributed by atoms with Crippen molar-refractivity contribution in [1.29, 1.82) is 0 Å². The Hall–Kier alpha value is -0.410. The van der Waals surface area contributed by atoms with Crippen LogP contribution in [0.1, 0.15) is 71.5 Å². The summed E-state index contributed by atoms with van der Waals surface area (Å²) in [6.07, 6.45) is 4.02. The first-order valence-corrected chi connectivity index (χ1v) is 8.33. The highest BCUT2D eigenvalue weighted by Crippen LogP contribution is 2.42. The molecule has 1 aliphatic carbocycles. The van der Waals surface area contributed by atoms with Crippen LogP contribution in [0.2, 0.25) is 0 Å². The summed E-state index contributed by atoms with van der Waals surface area (Å²) in [5, 5.41) is 7.26. The van der Waals surface area contributed by atoms with Crippen molar-refractivity contribution in [2.24, 2.45) is 5.92 Å². The summed E-state index contributed by atoms with van der Waals surface area (Å²) in [7, 11) is 0. The van der Waals surface area contributed by atoms with Gasteiger partial charge in [-0.2, -0.15) is 0 Å². The number of nitrogens with zero attached hydrogens (tertiary/aromatic N) is 1. The third-order valence-electron chi connectivity index (χ3n) is 3.75. The Balaban J connectivity index is 2.24. The Morgan fingerprint density at radius 3 is 2.37 bits per heavy atom. The first-order valence-electron chi connectivity index (χ1n) is 7.45. The van der Waals surface area contributed by atoms with Gasteiger partial charge in [0.2, 0.25) is 0 Å². The second-order valence-corrected chi connectivity index (χ2v) is 8.42. The van der Waals surface area contributed by atoms with E-state index in [9.17, 15) is 0 Å². The SMILES string of the molecule is CC(C)NC(C)(CC1CC1)c1nc(C(C)(C)C)cs1. The lowest BCUT2D eigenvalue weighted by molar-refractivity contribution is 0.294. The number of aromatic nitrogens is 1. The monoisotopic (exact) mass is 280 g/mol. The zero-order valence-corrected chi connectivity index (χ0v) is 14.0. The maximum atomic E-state index is 4.94. The van der Waals surface area contributed by atoms with E-state index in [0.717, 1.165) is 5.92 Å². The van der Waals surface area contributed by atoms with Crippen LogP contribution in [0.4, 0.5) is 0 Å². The van der Waals surface area contributed by atoms with E-state index >= 15 is 0 Å². The normalized spacial score (nSPS) is 19.7. The predicted molar refractivity (Wildman–Crippen MR) is 83.8 cm³/mol. The molecule has 1 aromatic heterocycles. The summed E-state index contributed by atoms with van der Waals surface area (Å²) < 4.78 is 0. The van der Waals surface area contributed by atoms with Crippen molar-refractivity contribution in [3.05, 3.63) is 16.1 Å². The van der Waals surface area contributed by atoms with E-state index < -0.39 is 0 Å². The fourth-order valence-corrected chi connectivity index (χ4v) is 3.80. The molecule has 1 aliphatic rings. The van der Waals surface area contributed by atoms with Gasteiger partial charge in [0.25, 0.3) is 0 Å². The molecular weight excluding hydrogens is 252 g/mol. The van der Waals surface area contributed by atoms with E-state index in [1.807, 2.05) is 11.3 Å². The zero-order chi connectivity index (χ0) is 14.3. The molecule has 2 nitrogen and oxygen atoms in total. The largest absolute Gasteiger partial charge is 0.303 e. The van der Waals surface area contributed by atoms with Gasteiger partial charge in [-0.3, -0.25) is 0 Å². The summed E-state index contributed by atoms with van der Waals surface area (Å²) >= 11 is 1.82. The summed E-state index contributed by atoms with van der Waals surface area (Å²) in [4.78, 5) is 4.94. The molecule has 1 aromatic rings. The molecule has 1 unspecified atom stereocenters. The predicted octanol–water partition coefficient (Wildman–Crippen LogP) is 4.45. The van der Waals surface area contributed by atoms with Crippen LogP contribution in [0.3, 0.4) is 0 Å². The highest BCUT2D eigenvalue weighted by Gasteiger charge is 2.37. The average Bonchev–Trinajstić information content (AvgIpc) is 2.89. The molecule has 108 valence electrons. The van der Waals surface area contributed by atoms with Gasteiger partial charge < -0.3 is 5.32 Å². The van der Waals surface area contributed by atoms with Gasteiger partial charge in [-0.1, -0.05) is 33.6 Å². The first kappa shape index (κ1) is 15.0. The fraction of sp³-hybridized carbons (Fsp3) is 0.812. The molecule has 0 radical (unpaired) electrons. The summed E-state index contributed by atoms with van der Waals surface area (Å²) in [6.45, 7) is 13.5. The number of rotatable bonds is 5. The van der Waals surface area contributed by atoms with Crippen molar-refractivity contribution in [3.63, 3.8) is 0 Å². The molecule has 1 N–H and O–H groups in total. The summed E-state index contributed by atoms with van der Waals surface area (Å²) in [6, 6.07) is 0.491. The number of nitrogens with one attached hydrogen (secondary N) is 1. The van der Waals surface area contributed by atoms with E-state index in [1.165, 1.54) is 30.0 Å². The molecule has 19 heavy (non-hydrogen) atoms. The van der Waals surface area contributed by atoms with Gasteiger partial charge in [-0.25, -0.2) is 4.98 Å². The molecule has 2 rings (SSSR count). The van der Waals surface area contributed by atoms with Crippen LogP contribution in [0.5, 0.6) is 0 Å². The van der Waals surface area contributed by atoms with Gasteiger partial charge in [0, 0.05) is 16.8 Å². The van der Waals surface area contributed by atoms with Crippen molar-refractivity contribution in [2.75, 3.05) is 0 Å². The van der Waals surface area contributed by atoms with Gasteiger partial charge >= 0.3 is 0 Å². The molecule has 1 atom stereocenters. The Morgan fingerprint density at radius 1 is 1.32 bits per heavy atom. The minimum atomic E-state index is 0.0451. The minimum absolute atomic E-state index is 0.0451. The quantitative estimate of drug-likeness (QED) is 0.861. The highest BCUT2D eigenvalue weighted by molar-refractivity contribution is 7.09. The maximum absolute atomic E-state index is 4.94. The van der Waals surface area contributed by atoms with Crippen molar-refractivity contribution in [3.8, 4) is 0 Å². The second-order valence-electron chi connectivity index (χ2n) is 7.57. The minimum Gasteiger partial charge on any atom is -0.303 e. The molecule has 1 heterocycles. The number of hydrogen-bond acceptors (Lipinski definition) is 3. The molecule has 0 saturated heterocycles. The van der Waals surface area contributed by atoms with Crippen molar-refractivity contribution in [2.45, 2.75) is 77.8 Å². The second kappa shape index (κ2) is 5.17. The summed E-state index contributed by atoms with van der Waals surface area (Å²) in [5.41, 5.74) is 1.41. The Kier molecular flexibility index (Phi) is 4.08. The van der Waals surface area contributed by atoms with Gasteiger partial charge in [-0.05, 0) is 33.1 Å². The molecule has 0 aromatic carbocycles.